The lowest BCUT2D eigenvalue weighted by molar-refractivity contribution is -0.120. The number of hydrogen-bond donors (Lipinski definition) is 2. The number of hydrogen-bond acceptors (Lipinski definition) is 5. The smallest absolute Gasteiger partial charge is 0.251 e. The van der Waals surface area contributed by atoms with E-state index in [1.54, 1.807) is 38.5 Å². The first-order valence-electron chi connectivity index (χ1n) is 8.97. The van der Waals surface area contributed by atoms with Crippen molar-refractivity contribution in [3.63, 3.8) is 0 Å². The Labute approximate surface area is 165 Å². The summed E-state index contributed by atoms with van der Waals surface area (Å²) >= 11 is 0. The molecular formula is C21H27N3O4. The lowest BCUT2D eigenvalue weighted by atomic mass is 10.1. The topological polar surface area (TPSA) is 79.9 Å². The minimum Gasteiger partial charge on any atom is -0.493 e. The van der Waals surface area contributed by atoms with Crippen LogP contribution in [0, 0.1) is 0 Å². The highest BCUT2D eigenvalue weighted by molar-refractivity contribution is 5.94. The average molecular weight is 385 g/mol. The Morgan fingerprint density at radius 3 is 2.14 bits per heavy atom. The first-order valence-corrected chi connectivity index (χ1v) is 8.97. The number of rotatable bonds is 9. The van der Waals surface area contributed by atoms with Crippen LogP contribution in [0.5, 0.6) is 11.5 Å². The Hall–Kier alpha value is -3.22. The Balaban J connectivity index is 1.75. The number of anilines is 1. The number of ether oxygens (including phenoxy) is 2. The van der Waals surface area contributed by atoms with Gasteiger partial charge >= 0.3 is 0 Å². The number of methoxy groups -OCH3 is 2. The zero-order valence-corrected chi connectivity index (χ0v) is 16.7. The van der Waals surface area contributed by atoms with Crippen molar-refractivity contribution in [1.82, 2.24) is 10.6 Å². The van der Waals surface area contributed by atoms with Crippen LogP contribution in [-0.4, -0.2) is 53.2 Å². The molecule has 7 nitrogen and oxygen atoms in total. The molecule has 0 saturated carbocycles. The molecular weight excluding hydrogens is 358 g/mol. The van der Waals surface area contributed by atoms with Crippen LogP contribution in [0.25, 0.3) is 0 Å². The van der Waals surface area contributed by atoms with Gasteiger partial charge in [0.2, 0.25) is 5.91 Å². The predicted octanol–water partition coefficient (Wildman–Crippen LogP) is 1.86. The molecule has 0 aromatic heterocycles. The van der Waals surface area contributed by atoms with Crippen molar-refractivity contribution in [3.8, 4) is 11.5 Å². The van der Waals surface area contributed by atoms with Gasteiger partial charge in [0.05, 0.1) is 20.6 Å². The van der Waals surface area contributed by atoms with Crippen LogP contribution in [0.1, 0.15) is 15.9 Å². The molecule has 0 heterocycles. The third kappa shape index (κ3) is 5.90. The summed E-state index contributed by atoms with van der Waals surface area (Å²) < 4.78 is 10.4. The van der Waals surface area contributed by atoms with Crippen molar-refractivity contribution >= 4 is 17.5 Å². The Kier molecular flexibility index (Phi) is 7.68. The second kappa shape index (κ2) is 10.2. The van der Waals surface area contributed by atoms with Crippen molar-refractivity contribution in [2.24, 2.45) is 0 Å². The number of carbonyl (C=O) groups is 2. The molecule has 0 bridgehead atoms. The lowest BCUT2D eigenvalue weighted by Gasteiger charge is -2.13. The second-order valence-corrected chi connectivity index (χ2v) is 6.41. The van der Waals surface area contributed by atoms with Gasteiger partial charge in [0.1, 0.15) is 0 Å². The molecule has 2 aromatic carbocycles. The van der Waals surface area contributed by atoms with Crippen LogP contribution in [-0.2, 0) is 11.2 Å². The van der Waals surface area contributed by atoms with Crippen molar-refractivity contribution in [2.75, 3.05) is 46.3 Å². The summed E-state index contributed by atoms with van der Waals surface area (Å²) in [6.45, 7) is 0.708. The van der Waals surface area contributed by atoms with E-state index in [0.29, 0.717) is 30.2 Å². The molecule has 2 aromatic rings. The fourth-order valence-corrected chi connectivity index (χ4v) is 2.63. The summed E-state index contributed by atoms with van der Waals surface area (Å²) in [7, 11) is 7.01. The first-order chi connectivity index (χ1) is 13.4. The number of carbonyl (C=O) groups excluding carboxylic acids is 2. The highest BCUT2D eigenvalue weighted by Gasteiger charge is 2.09. The van der Waals surface area contributed by atoms with Crippen molar-refractivity contribution in [2.45, 2.75) is 6.42 Å². The minimum absolute atomic E-state index is 0.128. The van der Waals surface area contributed by atoms with Crippen LogP contribution >= 0.6 is 0 Å². The van der Waals surface area contributed by atoms with Crippen LogP contribution in [0.2, 0.25) is 0 Å². The lowest BCUT2D eigenvalue weighted by Crippen LogP contribution is -2.35. The molecule has 0 aliphatic rings. The summed E-state index contributed by atoms with van der Waals surface area (Å²) in [6, 6.07) is 12.7. The molecule has 0 radical (unpaired) electrons. The molecule has 150 valence electrons. The van der Waals surface area contributed by atoms with Gasteiger partial charge in [0, 0.05) is 38.4 Å². The number of nitrogens with one attached hydrogen (secondary N) is 2. The van der Waals surface area contributed by atoms with Gasteiger partial charge in [0.25, 0.3) is 5.91 Å². The molecule has 0 fully saturated rings. The molecule has 0 unspecified atom stereocenters. The molecule has 0 aliphatic carbocycles. The van der Waals surface area contributed by atoms with E-state index in [2.05, 4.69) is 10.6 Å². The Bertz CT molecular complexity index is 804. The molecule has 2 N–H and O–H groups in total. The zero-order chi connectivity index (χ0) is 20.5. The fourth-order valence-electron chi connectivity index (χ4n) is 2.63. The van der Waals surface area contributed by atoms with E-state index in [1.165, 1.54) is 0 Å². The van der Waals surface area contributed by atoms with Crippen LogP contribution < -0.4 is 25.0 Å². The molecule has 7 heteroatoms. The molecule has 0 aliphatic heterocycles. The molecule has 0 spiro atoms. The van der Waals surface area contributed by atoms with E-state index < -0.39 is 0 Å². The van der Waals surface area contributed by atoms with Gasteiger partial charge in [-0.05, 0) is 42.0 Å². The van der Waals surface area contributed by atoms with Crippen LogP contribution in [0.3, 0.4) is 0 Å². The van der Waals surface area contributed by atoms with Gasteiger partial charge in [-0.3, -0.25) is 9.59 Å². The summed E-state index contributed by atoms with van der Waals surface area (Å²) in [5.41, 5.74) is 2.43. The summed E-state index contributed by atoms with van der Waals surface area (Å²) in [5.74, 6) is 0.907. The SMILES string of the molecule is COc1ccc(CC(=O)NCCNC(=O)c2ccc(N(C)C)cc2)cc1OC. The van der Waals surface area contributed by atoms with E-state index in [1.807, 2.05) is 37.2 Å². The standard InChI is InChI=1S/C21H27N3O4/c1-24(2)17-8-6-16(7-9-17)21(26)23-12-11-22-20(25)14-15-5-10-18(27-3)19(13-15)28-4/h5-10,13H,11-12,14H2,1-4H3,(H,22,25)(H,23,26). The summed E-state index contributed by atoms with van der Waals surface area (Å²) in [5, 5.41) is 5.59. The number of amides is 2. The Morgan fingerprint density at radius 2 is 1.54 bits per heavy atom. The highest BCUT2D eigenvalue weighted by atomic mass is 16.5. The van der Waals surface area contributed by atoms with Gasteiger partial charge in [0.15, 0.2) is 11.5 Å². The number of nitrogens with zero attached hydrogens (tertiary/aromatic N) is 1. The zero-order valence-electron chi connectivity index (χ0n) is 16.7. The number of benzene rings is 2. The second-order valence-electron chi connectivity index (χ2n) is 6.41. The monoisotopic (exact) mass is 385 g/mol. The third-order valence-corrected chi connectivity index (χ3v) is 4.19. The first kappa shape index (κ1) is 21.1. The predicted molar refractivity (Wildman–Crippen MR) is 109 cm³/mol. The van der Waals surface area contributed by atoms with E-state index in [4.69, 9.17) is 9.47 Å². The quantitative estimate of drug-likeness (QED) is 0.644. The van der Waals surface area contributed by atoms with E-state index in [0.717, 1.165) is 11.3 Å². The Morgan fingerprint density at radius 1 is 0.893 bits per heavy atom. The van der Waals surface area contributed by atoms with E-state index in [9.17, 15) is 9.59 Å². The van der Waals surface area contributed by atoms with E-state index >= 15 is 0 Å². The molecule has 0 saturated heterocycles. The van der Waals surface area contributed by atoms with Gasteiger partial charge < -0.3 is 25.0 Å². The summed E-state index contributed by atoms with van der Waals surface area (Å²) in [4.78, 5) is 26.2. The van der Waals surface area contributed by atoms with Gasteiger partial charge in [-0.15, -0.1) is 0 Å². The maximum absolute atomic E-state index is 12.1. The molecule has 2 amide bonds. The van der Waals surface area contributed by atoms with E-state index in [-0.39, 0.29) is 18.2 Å². The van der Waals surface area contributed by atoms with Crippen molar-refractivity contribution in [1.29, 1.82) is 0 Å². The van der Waals surface area contributed by atoms with Gasteiger partial charge in [-0.1, -0.05) is 6.07 Å². The summed E-state index contributed by atoms with van der Waals surface area (Å²) in [6.07, 6.45) is 0.223. The third-order valence-electron chi connectivity index (χ3n) is 4.19. The van der Waals surface area contributed by atoms with Crippen molar-refractivity contribution in [3.05, 3.63) is 53.6 Å². The largest absolute Gasteiger partial charge is 0.493 e. The minimum atomic E-state index is -0.167. The molecule has 28 heavy (non-hydrogen) atoms. The van der Waals surface area contributed by atoms with Crippen LogP contribution in [0.4, 0.5) is 5.69 Å². The maximum atomic E-state index is 12.1. The van der Waals surface area contributed by atoms with Crippen LogP contribution in [0.15, 0.2) is 42.5 Å². The molecule has 0 atom stereocenters. The highest BCUT2D eigenvalue weighted by Crippen LogP contribution is 2.27. The van der Waals surface area contributed by atoms with Crippen molar-refractivity contribution < 1.29 is 19.1 Å². The average Bonchev–Trinajstić information content (AvgIpc) is 2.70. The normalized spacial score (nSPS) is 10.1. The van der Waals surface area contributed by atoms with Gasteiger partial charge in [-0.25, -0.2) is 0 Å². The molecule has 2 rings (SSSR count). The maximum Gasteiger partial charge on any atom is 0.251 e. The fraction of sp³-hybridized carbons (Fsp3) is 0.333. The van der Waals surface area contributed by atoms with Gasteiger partial charge in [-0.2, -0.15) is 0 Å².